The van der Waals surface area contributed by atoms with Gasteiger partial charge in [0.05, 0.1) is 6.54 Å². The number of rotatable bonds is 6. The number of fused-ring (bicyclic) bond motifs is 1. The Balaban J connectivity index is 1.44. The first-order valence-corrected chi connectivity index (χ1v) is 11.2. The minimum Gasteiger partial charge on any atom is -0.326 e. The molecule has 1 aromatic heterocycles. The van der Waals surface area contributed by atoms with Crippen molar-refractivity contribution in [3.8, 4) is 0 Å². The molecule has 170 valence electrons. The number of hydrogen-bond acceptors (Lipinski definition) is 4. The number of aromatic nitrogens is 2. The first kappa shape index (κ1) is 22.5. The lowest BCUT2D eigenvalue weighted by atomic mass is 10.0. The molecule has 0 aliphatic carbocycles. The smallest absolute Gasteiger partial charge is 0.278 e. The minimum atomic E-state index is -0.351. The normalized spacial score (nSPS) is 14.9. The van der Waals surface area contributed by atoms with Gasteiger partial charge in [-0.15, -0.1) is 0 Å². The lowest BCUT2D eigenvalue weighted by Gasteiger charge is -2.22. The standard InChI is InChI=1S/C26H28N4O3/c1-17(2)19-8-10-21(11-9-19)27-24(31)14-15-29-25(32)13-12-22(28-29)26(33)30-18(3)16-20-6-4-5-7-23(20)30/h4-13,17-18H,14-16H2,1-3H3,(H,27,31)/t18-/m0/s1. The van der Waals surface area contributed by atoms with Crippen LogP contribution in [0.5, 0.6) is 0 Å². The Kier molecular flexibility index (Phi) is 6.40. The van der Waals surface area contributed by atoms with Crippen LogP contribution < -0.4 is 15.8 Å². The number of para-hydroxylation sites is 1. The zero-order valence-electron chi connectivity index (χ0n) is 19.1. The lowest BCUT2D eigenvalue weighted by Crippen LogP contribution is -2.37. The molecule has 7 heteroatoms. The predicted molar refractivity (Wildman–Crippen MR) is 129 cm³/mol. The summed E-state index contributed by atoms with van der Waals surface area (Å²) in [5, 5.41) is 7.11. The van der Waals surface area contributed by atoms with Gasteiger partial charge in [-0.25, -0.2) is 4.68 Å². The summed E-state index contributed by atoms with van der Waals surface area (Å²) in [6.45, 7) is 6.30. The number of amides is 2. The van der Waals surface area contributed by atoms with Gasteiger partial charge in [-0.2, -0.15) is 5.10 Å². The van der Waals surface area contributed by atoms with E-state index in [0.717, 1.165) is 17.7 Å². The molecule has 0 saturated carbocycles. The summed E-state index contributed by atoms with van der Waals surface area (Å²) in [7, 11) is 0. The highest BCUT2D eigenvalue weighted by atomic mass is 16.2. The summed E-state index contributed by atoms with van der Waals surface area (Å²) in [4.78, 5) is 39.6. The SMILES string of the molecule is CC(C)c1ccc(NC(=O)CCn2nc(C(=O)N3c4ccccc4C[C@@H]3C)ccc2=O)cc1. The molecule has 7 nitrogen and oxygen atoms in total. The Labute approximate surface area is 193 Å². The lowest BCUT2D eigenvalue weighted by molar-refractivity contribution is -0.116. The van der Waals surface area contributed by atoms with E-state index < -0.39 is 0 Å². The average molecular weight is 445 g/mol. The van der Waals surface area contributed by atoms with Crippen molar-refractivity contribution in [3.05, 3.63) is 87.8 Å². The van der Waals surface area contributed by atoms with E-state index >= 15 is 0 Å². The Morgan fingerprint density at radius 2 is 1.79 bits per heavy atom. The molecule has 3 aromatic rings. The van der Waals surface area contributed by atoms with Crippen LogP contribution in [-0.4, -0.2) is 27.6 Å². The molecular formula is C26H28N4O3. The molecule has 1 aliphatic heterocycles. The molecule has 1 aliphatic rings. The molecule has 0 radical (unpaired) electrons. The number of benzene rings is 2. The van der Waals surface area contributed by atoms with Crippen molar-refractivity contribution >= 4 is 23.2 Å². The molecule has 2 amide bonds. The molecule has 2 heterocycles. The van der Waals surface area contributed by atoms with Crippen LogP contribution in [0.15, 0.2) is 65.5 Å². The van der Waals surface area contributed by atoms with Gasteiger partial charge in [-0.05, 0) is 54.7 Å². The van der Waals surface area contributed by atoms with Crippen molar-refractivity contribution in [2.45, 2.75) is 52.1 Å². The Morgan fingerprint density at radius 3 is 2.52 bits per heavy atom. The molecule has 0 bridgehead atoms. The van der Waals surface area contributed by atoms with Gasteiger partial charge in [0.25, 0.3) is 11.5 Å². The first-order chi connectivity index (χ1) is 15.8. The number of carbonyl (C=O) groups excluding carboxylic acids is 2. The quantitative estimate of drug-likeness (QED) is 0.623. The predicted octanol–water partition coefficient (Wildman–Crippen LogP) is 3.99. The van der Waals surface area contributed by atoms with Crippen LogP contribution in [0.1, 0.15) is 54.7 Å². The highest BCUT2D eigenvalue weighted by Gasteiger charge is 2.32. The topological polar surface area (TPSA) is 84.3 Å². The number of nitrogens with zero attached hydrogens (tertiary/aromatic N) is 3. The second-order valence-corrected chi connectivity index (χ2v) is 8.71. The van der Waals surface area contributed by atoms with Gasteiger partial charge in [0, 0.05) is 29.9 Å². The highest BCUT2D eigenvalue weighted by Crippen LogP contribution is 2.32. The van der Waals surface area contributed by atoms with Gasteiger partial charge in [-0.1, -0.05) is 44.2 Å². The maximum atomic E-state index is 13.2. The van der Waals surface area contributed by atoms with Crippen molar-refractivity contribution in [1.82, 2.24) is 9.78 Å². The maximum Gasteiger partial charge on any atom is 0.278 e. The first-order valence-electron chi connectivity index (χ1n) is 11.2. The highest BCUT2D eigenvalue weighted by molar-refractivity contribution is 6.06. The third-order valence-corrected chi connectivity index (χ3v) is 5.92. The average Bonchev–Trinajstić information content (AvgIpc) is 3.14. The fourth-order valence-electron chi connectivity index (χ4n) is 4.10. The number of carbonyl (C=O) groups is 2. The van der Waals surface area contributed by atoms with Crippen molar-refractivity contribution in [2.75, 3.05) is 10.2 Å². The minimum absolute atomic E-state index is 0.00457. The monoisotopic (exact) mass is 444 g/mol. The second kappa shape index (κ2) is 9.40. The summed E-state index contributed by atoms with van der Waals surface area (Å²) in [5.74, 6) is -0.0598. The molecule has 2 aromatic carbocycles. The zero-order chi connectivity index (χ0) is 23.5. The van der Waals surface area contributed by atoms with Crippen molar-refractivity contribution in [2.24, 2.45) is 0 Å². The number of anilines is 2. The molecule has 1 atom stereocenters. The number of nitrogens with one attached hydrogen (secondary N) is 1. The van der Waals surface area contributed by atoms with Gasteiger partial charge in [0.15, 0.2) is 0 Å². The van der Waals surface area contributed by atoms with E-state index in [9.17, 15) is 14.4 Å². The fourth-order valence-corrected chi connectivity index (χ4v) is 4.10. The fraction of sp³-hybridized carbons (Fsp3) is 0.308. The molecule has 0 saturated heterocycles. The van der Waals surface area contributed by atoms with E-state index in [1.807, 2.05) is 55.5 Å². The molecular weight excluding hydrogens is 416 g/mol. The summed E-state index contributed by atoms with van der Waals surface area (Å²) in [6.07, 6.45) is 0.847. The van der Waals surface area contributed by atoms with Gasteiger partial charge < -0.3 is 10.2 Å². The van der Waals surface area contributed by atoms with Crippen molar-refractivity contribution < 1.29 is 9.59 Å². The van der Waals surface area contributed by atoms with Gasteiger partial charge >= 0.3 is 0 Å². The zero-order valence-corrected chi connectivity index (χ0v) is 19.1. The van der Waals surface area contributed by atoms with E-state index in [1.54, 1.807) is 4.90 Å². The third-order valence-electron chi connectivity index (χ3n) is 5.92. The van der Waals surface area contributed by atoms with Crippen molar-refractivity contribution in [3.63, 3.8) is 0 Å². The molecule has 33 heavy (non-hydrogen) atoms. The maximum absolute atomic E-state index is 13.2. The number of hydrogen-bond donors (Lipinski definition) is 1. The molecule has 1 N–H and O–H groups in total. The largest absolute Gasteiger partial charge is 0.326 e. The summed E-state index contributed by atoms with van der Waals surface area (Å²) < 4.78 is 1.18. The van der Waals surface area contributed by atoms with Gasteiger partial charge in [0.2, 0.25) is 5.91 Å². The summed E-state index contributed by atoms with van der Waals surface area (Å²) in [5.41, 5.74) is 3.72. The summed E-state index contributed by atoms with van der Waals surface area (Å²) >= 11 is 0. The molecule has 0 spiro atoms. The van der Waals surface area contributed by atoms with Crippen LogP contribution in [0.25, 0.3) is 0 Å². The van der Waals surface area contributed by atoms with E-state index in [0.29, 0.717) is 11.6 Å². The Morgan fingerprint density at radius 1 is 1.06 bits per heavy atom. The van der Waals surface area contributed by atoms with Crippen LogP contribution in [0.2, 0.25) is 0 Å². The molecule has 4 rings (SSSR count). The van der Waals surface area contributed by atoms with E-state index in [-0.39, 0.29) is 42.1 Å². The van der Waals surface area contributed by atoms with E-state index in [4.69, 9.17) is 0 Å². The Hall–Kier alpha value is -3.74. The van der Waals surface area contributed by atoms with Gasteiger partial charge in [-0.3, -0.25) is 14.4 Å². The molecule has 0 fully saturated rings. The van der Waals surface area contributed by atoms with Crippen LogP contribution in [-0.2, 0) is 17.8 Å². The summed E-state index contributed by atoms with van der Waals surface area (Å²) in [6, 6.07) is 18.3. The number of aryl methyl sites for hydroxylation is 1. The second-order valence-electron chi connectivity index (χ2n) is 8.71. The van der Waals surface area contributed by atoms with Crippen LogP contribution >= 0.6 is 0 Å². The molecule has 0 unspecified atom stereocenters. The van der Waals surface area contributed by atoms with E-state index in [2.05, 4.69) is 24.3 Å². The van der Waals surface area contributed by atoms with Crippen molar-refractivity contribution in [1.29, 1.82) is 0 Å². The van der Waals surface area contributed by atoms with Crippen LogP contribution in [0.4, 0.5) is 11.4 Å². The Bertz CT molecular complexity index is 1230. The van der Waals surface area contributed by atoms with E-state index in [1.165, 1.54) is 22.4 Å². The van der Waals surface area contributed by atoms with Gasteiger partial charge in [0.1, 0.15) is 5.69 Å². The van der Waals surface area contributed by atoms with Crippen LogP contribution in [0, 0.1) is 0 Å². The van der Waals surface area contributed by atoms with Crippen LogP contribution in [0.3, 0.4) is 0 Å². The third kappa shape index (κ3) is 4.87.